The van der Waals surface area contributed by atoms with Crippen molar-refractivity contribution in [2.24, 2.45) is 11.8 Å². The minimum atomic E-state index is -0.454. The molecule has 3 aliphatic rings. The zero-order valence-corrected chi connectivity index (χ0v) is 20.0. The summed E-state index contributed by atoms with van der Waals surface area (Å²) in [4.78, 5) is 22.0. The van der Waals surface area contributed by atoms with Gasteiger partial charge in [0.05, 0.1) is 0 Å². The molecule has 1 aromatic carbocycles. The molecule has 1 aromatic rings. The van der Waals surface area contributed by atoms with Gasteiger partial charge in [0.2, 0.25) is 0 Å². The fourth-order valence-electron chi connectivity index (χ4n) is 5.25. The van der Waals surface area contributed by atoms with Gasteiger partial charge in [0.1, 0.15) is 5.60 Å². The van der Waals surface area contributed by atoms with Gasteiger partial charge in [-0.15, -0.1) is 0 Å². The van der Waals surface area contributed by atoms with Gasteiger partial charge in [-0.05, 0) is 63.8 Å². The number of anilines is 1. The van der Waals surface area contributed by atoms with E-state index in [-0.39, 0.29) is 6.09 Å². The molecule has 0 radical (unpaired) electrons. The van der Waals surface area contributed by atoms with Gasteiger partial charge in [-0.1, -0.05) is 17.7 Å². The van der Waals surface area contributed by atoms with Crippen LogP contribution in [0, 0.1) is 11.8 Å². The maximum Gasteiger partial charge on any atom is 0.410 e. The van der Waals surface area contributed by atoms with Gasteiger partial charge < -0.3 is 19.4 Å². The van der Waals surface area contributed by atoms with Crippen molar-refractivity contribution < 1.29 is 9.53 Å². The Morgan fingerprint density at radius 3 is 2.58 bits per heavy atom. The van der Waals surface area contributed by atoms with Crippen molar-refractivity contribution in [1.82, 2.24) is 14.7 Å². The highest BCUT2D eigenvalue weighted by Gasteiger charge is 2.38. The van der Waals surface area contributed by atoms with Crippen LogP contribution in [0.1, 0.15) is 26.7 Å². The summed E-state index contributed by atoms with van der Waals surface area (Å²) in [5, 5.41) is 0.785. The first-order chi connectivity index (χ1) is 14.8. The first-order valence-electron chi connectivity index (χ1n) is 11.7. The number of rotatable bonds is 5. The lowest BCUT2D eigenvalue weighted by Crippen LogP contribution is -2.49. The zero-order valence-electron chi connectivity index (χ0n) is 19.2. The van der Waals surface area contributed by atoms with Gasteiger partial charge in [-0.25, -0.2) is 4.79 Å². The minimum absolute atomic E-state index is 0.135. The lowest BCUT2D eigenvalue weighted by Gasteiger charge is -2.38. The molecule has 3 heterocycles. The van der Waals surface area contributed by atoms with Crippen LogP contribution in [0.5, 0.6) is 0 Å². The van der Waals surface area contributed by atoms with Gasteiger partial charge in [0.25, 0.3) is 0 Å². The van der Waals surface area contributed by atoms with Crippen LogP contribution in [0.4, 0.5) is 10.5 Å². The van der Waals surface area contributed by atoms with Crippen LogP contribution in [0.25, 0.3) is 0 Å². The SMILES string of the molecule is CN1CC2CCN(C(=O)OC(C)(C)CCN3CCN(c4cccc(Cl)c4)CC3)CC2C1. The van der Waals surface area contributed by atoms with Crippen LogP contribution in [-0.2, 0) is 4.74 Å². The number of amides is 1. The number of hydrogen-bond donors (Lipinski definition) is 0. The third-order valence-corrected chi connectivity index (χ3v) is 7.42. The van der Waals surface area contributed by atoms with Gasteiger partial charge in [0.15, 0.2) is 0 Å². The Morgan fingerprint density at radius 2 is 1.84 bits per heavy atom. The number of benzene rings is 1. The first-order valence-corrected chi connectivity index (χ1v) is 12.1. The van der Waals surface area contributed by atoms with Crippen molar-refractivity contribution in [2.75, 3.05) is 70.9 Å². The Bertz CT molecular complexity index is 766. The number of ether oxygens (including phenoxy) is 1. The van der Waals surface area contributed by atoms with E-state index in [1.165, 1.54) is 12.2 Å². The second-order valence-corrected chi connectivity index (χ2v) is 10.6. The minimum Gasteiger partial charge on any atom is -0.443 e. The van der Waals surface area contributed by atoms with E-state index in [9.17, 15) is 4.79 Å². The Labute approximate surface area is 192 Å². The molecular weight excluding hydrogens is 412 g/mol. The summed E-state index contributed by atoms with van der Waals surface area (Å²) in [5.41, 5.74) is 0.739. The molecule has 7 heteroatoms. The highest BCUT2D eigenvalue weighted by molar-refractivity contribution is 6.30. The van der Waals surface area contributed by atoms with E-state index in [1.807, 2.05) is 36.9 Å². The van der Waals surface area contributed by atoms with Crippen LogP contribution in [0.15, 0.2) is 24.3 Å². The molecule has 0 saturated carbocycles. The molecule has 0 aromatic heterocycles. The molecule has 0 N–H and O–H groups in total. The molecule has 0 bridgehead atoms. The van der Waals surface area contributed by atoms with Crippen molar-refractivity contribution in [3.63, 3.8) is 0 Å². The van der Waals surface area contributed by atoms with Gasteiger partial charge in [-0.3, -0.25) is 4.90 Å². The maximum atomic E-state index is 12.8. The van der Waals surface area contributed by atoms with Crippen molar-refractivity contribution in [3.8, 4) is 0 Å². The van der Waals surface area contributed by atoms with E-state index < -0.39 is 5.60 Å². The predicted octanol–water partition coefficient (Wildman–Crippen LogP) is 3.65. The Balaban J connectivity index is 1.20. The van der Waals surface area contributed by atoms with E-state index in [0.717, 1.165) is 76.1 Å². The summed E-state index contributed by atoms with van der Waals surface area (Å²) in [6.45, 7) is 13.0. The molecule has 2 unspecified atom stereocenters. The Kier molecular flexibility index (Phi) is 6.99. The smallest absolute Gasteiger partial charge is 0.410 e. The molecule has 1 amide bonds. The van der Waals surface area contributed by atoms with E-state index in [2.05, 4.69) is 27.8 Å². The maximum absolute atomic E-state index is 12.8. The molecule has 172 valence electrons. The average molecular weight is 449 g/mol. The Hall–Kier alpha value is -1.50. The van der Waals surface area contributed by atoms with Crippen LogP contribution < -0.4 is 4.90 Å². The third kappa shape index (κ3) is 5.85. The van der Waals surface area contributed by atoms with Crippen molar-refractivity contribution in [1.29, 1.82) is 0 Å². The largest absolute Gasteiger partial charge is 0.443 e. The summed E-state index contributed by atoms with van der Waals surface area (Å²) < 4.78 is 5.97. The highest BCUT2D eigenvalue weighted by Crippen LogP contribution is 2.31. The average Bonchev–Trinajstić information content (AvgIpc) is 3.11. The van der Waals surface area contributed by atoms with E-state index >= 15 is 0 Å². The predicted molar refractivity (Wildman–Crippen MR) is 126 cm³/mol. The molecule has 3 fully saturated rings. The van der Waals surface area contributed by atoms with Gasteiger partial charge in [0, 0.05) is 69.6 Å². The van der Waals surface area contributed by atoms with E-state index in [0.29, 0.717) is 5.92 Å². The quantitative estimate of drug-likeness (QED) is 0.687. The number of nitrogens with zero attached hydrogens (tertiary/aromatic N) is 4. The van der Waals surface area contributed by atoms with Crippen LogP contribution in [-0.4, -0.2) is 92.3 Å². The number of hydrogen-bond acceptors (Lipinski definition) is 5. The summed E-state index contributed by atoms with van der Waals surface area (Å²) in [7, 11) is 2.18. The molecule has 31 heavy (non-hydrogen) atoms. The molecule has 2 atom stereocenters. The molecule has 0 aliphatic carbocycles. The van der Waals surface area contributed by atoms with Crippen molar-refractivity contribution in [2.45, 2.75) is 32.3 Å². The summed E-state index contributed by atoms with van der Waals surface area (Å²) in [6, 6.07) is 8.08. The number of likely N-dealkylation sites (tertiary alicyclic amines) is 2. The van der Waals surface area contributed by atoms with E-state index in [4.69, 9.17) is 16.3 Å². The molecule has 4 rings (SSSR count). The fraction of sp³-hybridized carbons (Fsp3) is 0.708. The third-order valence-electron chi connectivity index (χ3n) is 7.18. The number of halogens is 1. The monoisotopic (exact) mass is 448 g/mol. The number of piperazine rings is 1. The highest BCUT2D eigenvalue weighted by atomic mass is 35.5. The van der Waals surface area contributed by atoms with E-state index in [1.54, 1.807) is 0 Å². The lowest BCUT2D eigenvalue weighted by atomic mass is 9.89. The first kappa shape index (κ1) is 22.7. The normalized spacial score (nSPS) is 25.5. The molecule has 6 nitrogen and oxygen atoms in total. The summed E-state index contributed by atoms with van der Waals surface area (Å²) in [6.07, 6.45) is 1.81. The molecule has 3 aliphatic heterocycles. The lowest BCUT2D eigenvalue weighted by molar-refractivity contribution is -0.00561. The summed E-state index contributed by atoms with van der Waals surface area (Å²) >= 11 is 6.14. The van der Waals surface area contributed by atoms with Crippen molar-refractivity contribution >= 4 is 23.4 Å². The summed E-state index contributed by atoms with van der Waals surface area (Å²) in [5.74, 6) is 1.35. The second kappa shape index (κ2) is 9.55. The van der Waals surface area contributed by atoms with Gasteiger partial charge >= 0.3 is 6.09 Å². The standard InChI is InChI=1S/C24H37ClN4O2/c1-24(2,31-23(30)29-9-7-19-16-26(3)17-20(19)18-29)8-10-27-11-13-28(14-12-27)22-6-4-5-21(25)15-22/h4-6,15,19-20H,7-14,16-18H2,1-3H3. The molecule has 3 saturated heterocycles. The number of carbonyl (C=O) groups is 1. The number of carbonyl (C=O) groups excluding carboxylic acids is 1. The van der Waals surface area contributed by atoms with Crippen LogP contribution in [0.2, 0.25) is 5.02 Å². The van der Waals surface area contributed by atoms with Crippen LogP contribution >= 0.6 is 11.6 Å². The number of fused-ring (bicyclic) bond motifs is 1. The second-order valence-electron chi connectivity index (χ2n) is 10.2. The molecule has 0 spiro atoms. The fourth-order valence-corrected chi connectivity index (χ4v) is 5.44. The van der Waals surface area contributed by atoms with Gasteiger partial charge in [-0.2, -0.15) is 0 Å². The van der Waals surface area contributed by atoms with Crippen LogP contribution in [0.3, 0.4) is 0 Å². The Morgan fingerprint density at radius 1 is 1.10 bits per heavy atom. The zero-order chi connectivity index (χ0) is 22.0. The number of piperidine rings is 1. The van der Waals surface area contributed by atoms with Crippen molar-refractivity contribution in [3.05, 3.63) is 29.3 Å². The topological polar surface area (TPSA) is 39.3 Å². The molecular formula is C24H37ClN4O2.